The Morgan fingerprint density at radius 1 is 1.13 bits per heavy atom. The van der Waals surface area contributed by atoms with E-state index in [0.29, 0.717) is 0 Å². The average Bonchev–Trinajstić information content (AvgIpc) is 2.77. The molecule has 0 saturated carbocycles. The van der Waals surface area contributed by atoms with Crippen molar-refractivity contribution in [3.8, 4) is 0 Å². The van der Waals surface area contributed by atoms with Crippen LogP contribution in [0.25, 0.3) is 10.9 Å². The third-order valence-corrected chi connectivity index (χ3v) is 2.68. The van der Waals surface area contributed by atoms with Gasteiger partial charge in [-0.05, 0) is 29.4 Å². The highest BCUT2D eigenvalue weighted by Crippen LogP contribution is 2.11. The molecule has 0 amide bonds. The van der Waals surface area contributed by atoms with Gasteiger partial charge >= 0.3 is 7.12 Å². The number of aromatic nitrogens is 1. The molecule has 0 atom stereocenters. The Labute approximate surface area is 88.5 Å². The van der Waals surface area contributed by atoms with Crippen molar-refractivity contribution in [3.63, 3.8) is 0 Å². The smallest absolute Gasteiger partial charge is 0.407 e. The summed E-state index contributed by atoms with van der Waals surface area (Å²) >= 11 is 0. The summed E-state index contributed by atoms with van der Waals surface area (Å²) in [6, 6.07) is 8.28. The third-order valence-electron chi connectivity index (χ3n) is 2.68. The van der Waals surface area contributed by atoms with Gasteiger partial charge in [0.1, 0.15) is 0 Å². The van der Waals surface area contributed by atoms with Gasteiger partial charge in [-0.3, -0.25) is 0 Å². The highest BCUT2D eigenvalue weighted by atomic mass is 16.6. The summed E-state index contributed by atoms with van der Waals surface area (Å²) in [5.41, 5.74) is 2.25. The maximum Gasteiger partial charge on any atom is 0.493 e. The van der Waals surface area contributed by atoms with E-state index in [4.69, 9.17) is 9.31 Å². The van der Waals surface area contributed by atoms with E-state index in [2.05, 4.69) is 29.2 Å². The number of hydrogen-bond acceptors (Lipinski definition) is 2. The molecule has 2 aromatic rings. The highest BCUT2D eigenvalue weighted by molar-refractivity contribution is 6.61. The summed E-state index contributed by atoms with van der Waals surface area (Å²) in [5, 5.41) is 1.20. The van der Waals surface area contributed by atoms with E-state index >= 15 is 0 Å². The lowest BCUT2D eigenvalue weighted by Crippen LogP contribution is -2.40. The molecular weight excluding hydrogens is 189 g/mol. The maximum atomic E-state index is 5.56. The molecule has 2 heterocycles. The van der Waals surface area contributed by atoms with Crippen LogP contribution in [-0.2, 0) is 9.31 Å². The molecule has 0 aliphatic carbocycles. The van der Waals surface area contributed by atoms with Gasteiger partial charge in [0, 0.05) is 24.9 Å². The molecule has 0 radical (unpaired) electrons. The van der Waals surface area contributed by atoms with Gasteiger partial charge in [0.05, 0.1) is 0 Å². The van der Waals surface area contributed by atoms with Crippen LogP contribution < -0.4 is 5.46 Å². The Balaban J connectivity index is 1.95. The minimum absolute atomic E-state index is 0.182. The zero-order chi connectivity index (χ0) is 10.1. The lowest BCUT2D eigenvalue weighted by atomic mass is 9.77. The van der Waals surface area contributed by atoms with E-state index in [-0.39, 0.29) is 7.12 Å². The summed E-state index contributed by atoms with van der Waals surface area (Å²) in [7, 11) is -0.182. The van der Waals surface area contributed by atoms with Crippen molar-refractivity contribution in [1.29, 1.82) is 0 Å². The number of benzene rings is 1. The number of nitrogens with one attached hydrogen (secondary N) is 1. The predicted molar refractivity (Wildman–Crippen MR) is 60.2 cm³/mol. The molecule has 1 N–H and O–H groups in total. The molecule has 0 unspecified atom stereocenters. The second kappa shape index (κ2) is 3.72. The number of aromatic amines is 1. The van der Waals surface area contributed by atoms with Crippen molar-refractivity contribution >= 4 is 23.5 Å². The van der Waals surface area contributed by atoms with Gasteiger partial charge in [0.25, 0.3) is 0 Å². The summed E-state index contributed by atoms with van der Waals surface area (Å²) in [6.07, 6.45) is 2.93. The van der Waals surface area contributed by atoms with Crippen molar-refractivity contribution in [2.75, 3.05) is 13.2 Å². The van der Waals surface area contributed by atoms with Crippen LogP contribution in [-0.4, -0.2) is 25.3 Å². The van der Waals surface area contributed by atoms with Crippen LogP contribution in [0.2, 0.25) is 0 Å². The van der Waals surface area contributed by atoms with Crippen LogP contribution >= 0.6 is 0 Å². The number of hydrogen-bond donors (Lipinski definition) is 1. The molecule has 0 bridgehead atoms. The van der Waals surface area contributed by atoms with Crippen LogP contribution in [0.4, 0.5) is 0 Å². The second-order valence-corrected chi connectivity index (χ2v) is 3.75. The highest BCUT2D eigenvalue weighted by Gasteiger charge is 2.24. The van der Waals surface area contributed by atoms with Crippen LogP contribution in [0.3, 0.4) is 0 Å². The van der Waals surface area contributed by atoms with E-state index in [1.54, 1.807) is 0 Å². The maximum absolute atomic E-state index is 5.56. The topological polar surface area (TPSA) is 34.2 Å². The Morgan fingerprint density at radius 2 is 2.00 bits per heavy atom. The predicted octanol–water partition coefficient (Wildman–Crippen LogP) is 1.30. The molecule has 1 aromatic heterocycles. The molecule has 4 heteroatoms. The Hall–Kier alpha value is -1.26. The molecule has 1 aliphatic heterocycles. The van der Waals surface area contributed by atoms with Crippen molar-refractivity contribution in [3.05, 3.63) is 30.5 Å². The molecule has 0 spiro atoms. The van der Waals surface area contributed by atoms with Crippen molar-refractivity contribution in [1.82, 2.24) is 4.98 Å². The molecule has 1 aromatic carbocycles. The van der Waals surface area contributed by atoms with Gasteiger partial charge in [0.15, 0.2) is 0 Å². The zero-order valence-electron chi connectivity index (χ0n) is 8.40. The normalized spacial score (nSPS) is 17.2. The number of fused-ring (bicyclic) bond motifs is 1. The minimum Gasteiger partial charge on any atom is -0.407 e. The third kappa shape index (κ3) is 1.66. The number of H-pyrrole nitrogens is 1. The molecule has 1 fully saturated rings. The summed E-state index contributed by atoms with van der Waals surface area (Å²) < 4.78 is 11.1. The SMILES string of the molecule is c1cc2cc(B3OCCCO3)ccc2[nH]1. The number of rotatable bonds is 1. The Morgan fingerprint density at radius 3 is 2.87 bits per heavy atom. The van der Waals surface area contributed by atoms with Gasteiger partial charge in [-0.15, -0.1) is 0 Å². The lowest BCUT2D eigenvalue weighted by molar-refractivity contribution is 0.143. The molecule has 76 valence electrons. The second-order valence-electron chi connectivity index (χ2n) is 3.75. The van der Waals surface area contributed by atoms with E-state index in [1.807, 2.05) is 6.20 Å². The molecule has 3 nitrogen and oxygen atoms in total. The summed E-state index contributed by atoms with van der Waals surface area (Å²) in [4.78, 5) is 3.17. The van der Waals surface area contributed by atoms with Gasteiger partial charge < -0.3 is 14.3 Å². The first kappa shape index (κ1) is 9.01. The summed E-state index contributed by atoms with van der Waals surface area (Å²) in [5.74, 6) is 0. The standard InChI is InChI=1S/C11H12BNO2/c1-6-14-12(15-7-1)10-2-3-11-9(8-10)4-5-13-11/h2-5,8,13H,1,6-7H2. The van der Waals surface area contributed by atoms with E-state index < -0.39 is 0 Å². The van der Waals surface area contributed by atoms with E-state index in [9.17, 15) is 0 Å². The van der Waals surface area contributed by atoms with Crippen LogP contribution in [0.15, 0.2) is 30.5 Å². The summed E-state index contributed by atoms with van der Waals surface area (Å²) in [6.45, 7) is 1.58. The van der Waals surface area contributed by atoms with E-state index in [0.717, 1.165) is 30.6 Å². The first-order valence-corrected chi connectivity index (χ1v) is 5.24. The lowest BCUT2D eigenvalue weighted by Gasteiger charge is -2.19. The fraction of sp³-hybridized carbons (Fsp3) is 0.273. The first-order chi connectivity index (χ1) is 7.43. The minimum atomic E-state index is -0.182. The first-order valence-electron chi connectivity index (χ1n) is 5.24. The van der Waals surface area contributed by atoms with Crippen LogP contribution in [0, 0.1) is 0 Å². The van der Waals surface area contributed by atoms with Crippen molar-refractivity contribution in [2.24, 2.45) is 0 Å². The molecule has 1 aliphatic rings. The van der Waals surface area contributed by atoms with Gasteiger partial charge in [0.2, 0.25) is 0 Å². The largest absolute Gasteiger partial charge is 0.493 e. The van der Waals surface area contributed by atoms with E-state index in [1.165, 1.54) is 5.39 Å². The zero-order valence-corrected chi connectivity index (χ0v) is 8.40. The molecule has 15 heavy (non-hydrogen) atoms. The monoisotopic (exact) mass is 201 g/mol. The van der Waals surface area contributed by atoms with Crippen LogP contribution in [0.1, 0.15) is 6.42 Å². The molecule has 3 rings (SSSR count). The molecule has 1 saturated heterocycles. The quantitative estimate of drug-likeness (QED) is 0.705. The Kier molecular flexibility index (Phi) is 2.23. The van der Waals surface area contributed by atoms with Gasteiger partial charge in [-0.1, -0.05) is 12.1 Å². The fourth-order valence-corrected chi connectivity index (χ4v) is 1.90. The van der Waals surface area contributed by atoms with Crippen LogP contribution in [0.5, 0.6) is 0 Å². The molecular formula is C11H12BNO2. The van der Waals surface area contributed by atoms with Gasteiger partial charge in [-0.25, -0.2) is 0 Å². The van der Waals surface area contributed by atoms with Gasteiger partial charge in [-0.2, -0.15) is 0 Å². The van der Waals surface area contributed by atoms with Crippen molar-refractivity contribution < 1.29 is 9.31 Å². The van der Waals surface area contributed by atoms with Crippen molar-refractivity contribution in [2.45, 2.75) is 6.42 Å². The fourth-order valence-electron chi connectivity index (χ4n) is 1.90. The average molecular weight is 201 g/mol. The Bertz CT molecular complexity index is 462.